The maximum Gasteiger partial charge on any atom is 0.398 e. The van der Waals surface area contributed by atoms with Crippen molar-refractivity contribution < 1.29 is 46.2 Å². The molecule has 15 heteroatoms. The summed E-state index contributed by atoms with van der Waals surface area (Å²) in [5, 5.41) is 10.6. The number of carbonyl (C=O) groups excluding carboxylic acids is 1. The molecule has 0 amide bonds. The Bertz CT molecular complexity index is 1270. The van der Waals surface area contributed by atoms with Crippen molar-refractivity contribution in [3.8, 4) is 5.75 Å². The van der Waals surface area contributed by atoms with Crippen LogP contribution in [0.1, 0.15) is 27.0 Å². The zero-order valence-electron chi connectivity index (χ0n) is 20.7. The van der Waals surface area contributed by atoms with Crippen molar-refractivity contribution in [2.75, 3.05) is 12.8 Å². The number of aliphatic hydroxyl groups excluding tert-OH is 1. The molecule has 2 aromatic rings. The van der Waals surface area contributed by atoms with E-state index >= 15 is 0 Å². The summed E-state index contributed by atoms with van der Waals surface area (Å²) in [6.45, 7) is 4.04. The van der Waals surface area contributed by atoms with Gasteiger partial charge in [-0.1, -0.05) is 37.3 Å². The van der Waals surface area contributed by atoms with E-state index in [-0.39, 0.29) is 15.2 Å². The maximum absolute atomic E-state index is 14.0. The number of halogens is 3. The molecule has 0 spiro atoms. The van der Waals surface area contributed by atoms with Gasteiger partial charge in [0, 0.05) is 6.20 Å². The maximum atomic E-state index is 14.0. The molecule has 38 heavy (non-hydrogen) atoms. The molecule has 1 fully saturated rings. The molecule has 0 radical (unpaired) electrons. The summed E-state index contributed by atoms with van der Waals surface area (Å²) in [6.07, 6.45) is -9.88. The number of aromatic nitrogens is 2. The Balaban J connectivity index is 1.85. The third kappa shape index (κ3) is 7.73. The molecule has 1 aromatic heterocycles. The topological polar surface area (TPSA) is 112 Å². The predicted molar refractivity (Wildman–Crippen MR) is 136 cm³/mol. The summed E-state index contributed by atoms with van der Waals surface area (Å²) in [4.78, 5) is 14.9. The Morgan fingerprint density at radius 2 is 1.87 bits per heavy atom. The molecule has 9 nitrogen and oxygen atoms in total. The fraction of sp³-hybridized carbons (Fsp3) is 0.522. The molecule has 3 rings (SSSR count). The highest BCUT2D eigenvalue weighted by molar-refractivity contribution is 7.72. The first-order valence-electron chi connectivity index (χ1n) is 11.6. The molecule has 1 aromatic carbocycles. The number of nitrogens with one attached hydrogen (secondary N) is 1. The quantitative estimate of drug-likeness (QED) is 0.206. The van der Waals surface area contributed by atoms with Gasteiger partial charge in [0.2, 0.25) is 0 Å². The number of alkyl halides is 3. The molecular formula is C23H28F3N2O7PS2. The molecule has 2 unspecified atom stereocenters. The summed E-state index contributed by atoms with van der Waals surface area (Å²) in [6, 6.07) is 9.27. The molecule has 1 saturated heterocycles. The number of aromatic amines is 1. The second-order valence-electron chi connectivity index (χ2n) is 9.02. The number of benzene rings is 1. The minimum atomic E-state index is -4.88. The first-order valence-corrected chi connectivity index (χ1v) is 14.1. The number of hydrogen-bond donors (Lipinski definition) is 2. The van der Waals surface area contributed by atoms with Crippen molar-refractivity contribution in [1.82, 2.24) is 9.55 Å². The lowest BCUT2D eigenvalue weighted by molar-refractivity contribution is -0.211. The minimum absolute atomic E-state index is 0.138. The van der Waals surface area contributed by atoms with Gasteiger partial charge in [-0.3, -0.25) is 13.9 Å². The van der Waals surface area contributed by atoms with Gasteiger partial charge in [0.15, 0.2) is 11.0 Å². The fourth-order valence-corrected chi connectivity index (χ4v) is 6.17. The van der Waals surface area contributed by atoms with E-state index in [1.54, 1.807) is 32.0 Å². The van der Waals surface area contributed by atoms with Crippen LogP contribution < -0.4 is 4.52 Å². The lowest BCUT2D eigenvalue weighted by Crippen LogP contribution is -2.39. The van der Waals surface area contributed by atoms with Crippen LogP contribution in [-0.2, 0) is 23.4 Å². The summed E-state index contributed by atoms with van der Waals surface area (Å²) in [7, 11) is -4.16. The zero-order valence-corrected chi connectivity index (χ0v) is 23.2. The fourth-order valence-electron chi connectivity index (χ4n) is 3.81. The molecular weight excluding hydrogens is 568 g/mol. The van der Waals surface area contributed by atoms with Gasteiger partial charge in [0.1, 0.15) is 22.4 Å². The number of H-pyrrole nitrogens is 1. The Kier molecular flexibility index (Phi) is 9.93. The highest BCUT2D eigenvalue weighted by Crippen LogP contribution is 2.52. The van der Waals surface area contributed by atoms with Gasteiger partial charge in [-0.15, -0.1) is 0 Å². The van der Waals surface area contributed by atoms with E-state index in [2.05, 4.69) is 4.98 Å². The monoisotopic (exact) mass is 596 g/mol. The van der Waals surface area contributed by atoms with E-state index in [0.717, 1.165) is 4.57 Å². The van der Waals surface area contributed by atoms with E-state index in [0.29, 0.717) is 0 Å². The molecule has 0 bridgehead atoms. The van der Waals surface area contributed by atoms with Crippen LogP contribution in [0.15, 0.2) is 42.6 Å². The average Bonchev–Trinajstić information content (AvgIpc) is 3.14. The third-order valence-electron chi connectivity index (χ3n) is 5.55. The van der Waals surface area contributed by atoms with Crippen LogP contribution in [0.5, 0.6) is 5.75 Å². The minimum Gasteiger partial charge on any atom is -0.463 e. The Morgan fingerprint density at radius 3 is 2.45 bits per heavy atom. The van der Waals surface area contributed by atoms with E-state index in [1.165, 1.54) is 31.3 Å². The van der Waals surface area contributed by atoms with Crippen LogP contribution in [0.4, 0.5) is 13.2 Å². The number of rotatable bonds is 10. The molecule has 2 N–H and O–H groups in total. The lowest BCUT2D eigenvalue weighted by atomic mass is 9.99. The van der Waals surface area contributed by atoms with Crippen molar-refractivity contribution in [2.45, 2.75) is 51.5 Å². The van der Waals surface area contributed by atoms with Crippen molar-refractivity contribution >= 4 is 38.0 Å². The van der Waals surface area contributed by atoms with Gasteiger partial charge in [0.25, 0.3) is 0 Å². The molecule has 210 valence electrons. The summed E-state index contributed by atoms with van der Waals surface area (Å²) in [5.41, 5.74) is 0. The second-order valence-corrected chi connectivity index (χ2v) is 11.9. The predicted octanol–water partition coefficient (Wildman–Crippen LogP) is 5.59. The SMILES string of the molecule is CC(C)OC(=O)[C@H](C)CP(=O)(OC[C@H]1O[C@@H](n2ccc(=S)[nH]c2=S)C(C(F)(F)F)[C@H]1O)Oc1ccccc1. The first-order chi connectivity index (χ1) is 17.7. The van der Waals surface area contributed by atoms with Crippen molar-refractivity contribution in [2.24, 2.45) is 11.8 Å². The molecule has 0 saturated carbocycles. The molecule has 1 aliphatic heterocycles. The Hall–Kier alpha value is -2.09. The van der Waals surface area contributed by atoms with Gasteiger partial charge < -0.3 is 24.1 Å². The summed E-state index contributed by atoms with van der Waals surface area (Å²) in [5.74, 6) is -3.79. The molecule has 1 aliphatic rings. The Morgan fingerprint density at radius 1 is 1.21 bits per heavy atom. The van der Waals surface area contributed by atoms with Gasteiger partial charge in [-0.25, -0.2) is 4.57 Å². The number of esters is 1. The summed E-state index contributed by atoms with van der Waals surface area (Å²) < 4.78 is 78.5. The van der Waals surface area contributed by atoms with E-state index in [9.17, 15) is 27.6 Å². The van der Waals surface area contributed by atoms with Crippen LogP contribution >= 0.6 is 32.0 Å². The lowest BCUT2D eigenvalue weighted by Gasteiger charge is -2.25. The largest absolute Gasteiger partial charge is 0.463 e. The third-order valence-corrected chi connectivity index (χ3v) is 8.13. The van der Waals surface area contributed by atoms with Crippen LogP contribution in [0.2, 0.25) is 0 Å². The molecule has 0 aliphatic carbocycles. The van der Waals surface area contributed by atoms with E-state index in [4.69, 9.17) is 43.0 Å². The average molecular weight is 597 g/mol. The van der Waals surface area contributed by atoms with Crippen molar-refractivity contribution in [3.05, 3.63) is 52.0 Å². The molecule has 2 heterocycles. The number of para-hydroxylation sites is 1. The van der Waals surface area contributed by atoms with E-state index in [1.807, 2.05) is 0 Å². The summed E-state index contributed by atoms with van der Waals surface area (Å²) >= 11 is 10.0. The highest BCUT2D eigenvalue weighted by atomic mass is 32.1. The normalized spacial score (nSPS) is 24.1. The highest BCUT2D eigenvalue weighted by Gasteiger charge is 2.58. The van der Waals surface area contributed by atoms with Crippen LogP contribution in [-0.4, -0.2) is 57.9 Å². The molecule has 6 atom stereocenters. The van der Waals surface area contributed by atoms with E-state index < -0.39 is 68.9 Å². The van der Waals surface area contributed by atoms with Crippen LogP contribution in [0.3, 0.4) is 0 Å². The number of carbonyl (C=O) groups is 1. The van der Waals surface area contributed by atoms with Crippen LogP contribution in [0, 0.1) is 21.2 Å². The van der Waals surface area contributed by atoms with Gasteiger partial charge in [0.05, 0.1) is 30.9 Å². The number of nitrogens with zero attached hydrogens (tertiary/aromatic N) is 1. The smallest absolute Gasteiger partial charge is 0.398 e. The van der Waals surface area contributed by atoms with Gasteiger partial charge >= 0.3 is 19.7 Å². The van der Waals surface area contributed by atoms with Crippen molar-refractivity contribution in [1.29, 1.82) is 0 Å². The number of aliphatic hydroxyl groups is 1. The van der Waals surface area contributed by atoms with Crippen molar-refractivity contribution in [3.63, 3.8) is 0 Å². The first kappa shape index (κ1) is 30.5. The number of hydrogen-bond acceptors (Lipinski definition) is 9. The Labute approximate surface area is 227 Å². The second kappa shape index (κ2) is 12.4. The number of ether oxygens (including phenoxy) is 2. The zero-order chi connectivity index (χ0) is 28.3. The standard InChI is InChI=1S/C23H28F3N2O7PS2/c1-13(2)33-21(30)14(3)12-36(31,35-15-7-5-4-6-8-15)32-11-16-19(29)18(23(24,25)26)20(34-16)28-10-9-17(37)27-22(28)38/h4-10,13-14,16,18-20,29H,11-12H2,1-3H3,(H,27,37,38)/t14-,16-,18?,19+,20-,36?/m1/s1. The van der Waals surface area contributed by atoms with Gasteiger partial charge in [-0.05, 0) is 44.3 Å². The van der Waals surface area contributed by atoms with Gasteiger partial charge in [-0.2, -0.15) is 13.2 Å². The van der Waals surface area contributed by atoms with Crippen LogP contribution in [0.25, 0.3) is 0 Å².